The summed E-state index contributed by atoms with van der Waals surface area (Å²) in [6.45, 7) is -0.245. The molecular formula is C27H21ClN4O3. The molecule has 0 bridgehead atoms. The topological polar surface area (TPSA) is 107 Å². The van der Waals surface area contributed by atoms with Gasteiger partial charge in [-0.25, -0.2) is 4.98 Å². The number of carbonyl (C=O) groups excluding carboxylic acids is 2. The van der Waals surface area contributed by atoms with Crippen molar-refractivity contribution in [2.24, 2.45) is 0 Å². The molecule has 2 heterocycles. The fourth-order valence-electron chi connectivity index (χ4n) is 4.14. The first-order valence-electron chi connectivity index (χ1n) is 11.0. The third kappa shape index (κ3) is 4.47. The predicted octanol–water partition coefficient (Wildman–Crippen LogP) is 4.44. The molecule has 0 saturated carbocycles. The van der Waals surface area contributed by atoms with Crippen LogP contribution in [-0.4, -0.2) is 33.5 Å². The molecule has 0 saturated heterocycles. The second-order valence-corrected chi connectivity index (χ2v) is 8.46. The van der Waals surface area contributed by atoms with E-state index in [1.165, 1.54) is 0 Å². The van der Waals surface area contributed by atoms with Crippen LogP contribution in [-0.2, 0) is 4.79 Å². The van der Waals surface area contributed by atoms with Crippen molar-refractivity contribution in [1.82, 2.24) is 15.3 Å². The number of hydrogen-bond donors (Lipinski definition) is 4. The zero-order valence-electron chi connectivity index (χ0n) is 18.5. The van der Waals surface area contributed by atoms with Gasteiger partial charge in [0.15, 0.2) is 0 Å². The van der Waals surface area contributed by atoms with Crippen LogP contribution in [0.4, 0.5) is 5.69 Å². The van der Waals surface area contributed by atoms with E-state index in [4.69, 9.17) is 11.6 Å². The molecule has 0 unspecified atom stereocenters. The van der Waals surface area contributed by atoms with Gasteiger partial charge in [0.2, 0.25) is 0 Å². The van der Waals surface area contributed by atoms with E-state index in [-0.39, 0.29) is 18.4 Å². The highest BCUT2D eigenvalue weighted by Gasteiger charge is 2.30. The Labute approximate surface area is 206 Å². The van der Waals surface area contributed by atoms with E-state index >= 15 is 0 Å². The van der Waals surface area contributed by atoms with Gasteiger partial charge in [-0.15, -0.1) is 0 Å². The van der Waals surface area contributed by atoms with Crippen molar-refractivity contribution in [2.45, 2.75) is 6.04 Å². The van der Waals surface area contributed by atoms with Crippen molar-refractivity contribution < 1.29 is 14.7 Å². The lowest BCUT2D eigenvalue weighted by atomic mass is 9.93. The molecule has 0 fully saturated rings. The van der Waals surface area contributed by atoms with Crippen molar-refractivity contribution in [3.05, 3.63) is 118 Å². The summed E-state index contributed by atoms with van der Waals surface area (Å²) in [5, 5.41) is 16.2. The summed E-state index contributed by atoms with van der Waals surface area (Å²) < 4.78 is 0. The molecule has 3 aromatic carbocycles. The fourth-order valence-corrected chi connectivity index (χ4v) is 4.26. The van der Waals surface area contributed by atoms with Gasteiger partial charge in [-0.3, -0.25) is 9.59 Å². The van der Waals surface area contributed by atoms with Crippen LogP contribution in [0.1, 0.15) is 38.9 Å². The number of amides is 2. The molecule has 0 spiro atoms. The Bertz CT molecular complexity index is 1410. The fraction of sp³-hybridized carbons (Fsp3) is 0.0741. The monoisotopic (exact) mass is 484 g/mol. The first kappa shape index (κ1) is 22.6. The maximum absolute atomic E-state index is 13.1. The Morgan fingerprint density at radius 2 is 1.77 bits per heavy atom. The van der Waals surface area contributed by atoms with E-state index in [0.29, 0.717) is 38.8 Å². The molecule has 2 amide bonds. The van der Waals surface area contributed by atoms with E-state index in [2.05, 4.69) is 20.6 Å². The lowest BCUT2D eigenvalue weighted by Crippen LogP contribution is -2.30. The summed E-state index contributed by atoms with van der Waals surface area (Å²) in [5.41, 5.74) is 4.09. The number of hydrogen-bond acceptors (Lipinski definition) is 4. The summed E-state index contributed by atoms with van der Waals surface area (Å²) in [4.78, 5) is 33.7. The maximum atomic E-state index is 13.1. The molecule has 0 radical (unpaired) electrons. The van der Waals surface area contributed by atoms with E-state index in [1.54, 1.807) is 42.7 Å². The number of aliphatic hydroxyl groups excluding tert-OH is 1. The van der Waals surface area contributed by atoms with Gasteiger partial charge in [-0.05, 0) is 41.5 Å². The molecule has 7 nitrogen and oxygen atoms in total. The number of anilines is 1. The SMILES string of the molecule is O=C1Nc2ccc(C(=O)N[C@H](CO)c3ccccc3)cc2/C1=C(\c1ccc(Cl)cc1)c1ncc[nH]1. The number of fused-ring (bicyclic) bond motifs is 1. The number of aromatic amines is 1. The second-order valence-electron chi connectivity index (χ2n) is 8.03. The van der Waals surface area contributed by atoms with Crippen LogP contribution in [0.2, 0.25) is 5.02 Å². The number of nitrogens with zero attached hydrogens (tertiary/aromatic N) is 1. The Balaban J connectivity index is 1.57. The Morgan fingerprint density at radius 1 is 1.03 bits per heavy atom. The number of aromatic nitrogens is 2. The van der Waals surface area contributed by atoms with Gasteiger partial charge in [0.05, 0.1) is 18.2 Å². The molecule has 1 atom stereocenters. The van der Waals surface area contributed by atoms with Gasteiger partial charge in [-0.2, -0.15) is 0 Å². The van der Waals surface area contributed by atoms with Crippen molar-refractivity contribution in [2.75, 3.05) is 11.9 Å². The molecular weight excluding hydrogens is 464 g/mol. The van der Waals surface area contributed by atoms with Crippen LogP contribution in [0.15, 0.2) is 85.2 Å². The standard InChI is InChI=1S/C27H21ClN4O3/c28-19-9-6-17(7-10-19)23(25-29-12-13-30-25)24-20-14-18(8-11-21(20)31-27(24)35)26(34)32-22(15-33)16-4-2-1-3-5-16/h1-14,22,33H,15H2,(H,29,30)(H,31,35)(H,32,34)/b24-23-/t22-/m1/s1. The van der Waals surface area contributed by atoms with Crippen molar-refractivity contribution in [3.8, 4) is 0 Å². The van der Waals surface area contributed by atoms with Gasteiger partial charge in [0, 0.05) is 39.8 Å². The molecule has 1 aromatic heterocycles. The number of aliphatic hydroxyl groups is 1. The minimum atomic E-state index is -0.556. The predicted molar refractivity (Wildman–Crippen MR) is 135 cm³/mol. The van der Waals surface area contributed by atoms with Crippen molar-refractivity contribution >= 4 is 40.2 Å². The Morgan fingerprint density at radius 3 is 2.46 bits per heavy atom. The number of carbonyl (C=O) groups is 2. The van der Waals surface area contributed by atoms with Crippen LogP contribution < -0.4 is 10.6 Å². The number of halogens is 1. The van der Waals surface area contributed by atoms with Gasteiger partial charge in [0.1, 0.15) is 5.82 Å². The molecule has 1 aliphatic heterocycles. The van der Waals surface area contributed by atoms with E-state index in [0.717, 1.165) is 11.1 Å². The minimum absolute atomic E-state index is 0.245. The maximum Gasteiger partial charge on any atom is 0.257 e. The quantitative estimate of drug-likeness (QED) is 0.303. The van der Waals surface area contributed by atoms with Gasteiger partial charge >= 0.3 is 0 Å². The van der Waals surface area contributed by atoms with Gasteiger partial charge in [-0.1, -0.05) is 54.1 Å². The first-order chi connectivity index (χ1) is 17.0. The number of rotatable bonds is 6. The average molecular weight is 485 g/mol. The molecule has 174 valence electrons. The number of benzene rings is 3. The Kier molecular flexibility index (Phi) is 6.18. The summed E-state index contributed by atoms with van der Waals surface area (Å²) >= 11 is 6.08. The Hall–Kier alpha value is -4.20. The normalized spacial score (nSPS) is 14.7. The zero-order chi connectivity index (χ0) is 24.4. The largest absolute Gasteiger partial charge is 0.394 e. The highest BCUT2D eigenvalue weighted by molar-refractivity contribution is 6.38. The van der Waals surface area contributed by atoms with Crippen molar-refractivity contribution in [1.29, 1.82) is 0 Å². The van der Waals surface area contributed by atoms with Crippen LogP contribution in [0.3, 0.4) is 0 Å². The number of nitrogens with one attached hydrogen (secondary N) is 3. The highest BCUT2D eigenvalue weighted by atomic mass is 35.5. The number of H-pyrrole nitrogens is 1. The third-order valence-corrected chi connectivity index (χ3v) is 6.09. The van der Waals surface area contributed by atoms with Crippen molar-refractivity contribution in [3.63, 3.8) is 0 Å². The van der Waals surface area contributed by atoms with Crippen LogP contribution in [0.5, 0.6) is 0 Å². The summed E-state index contributed by atoms with van der Waals surface area (Å²) in [6.07, 6.45) is 3.30. The molecule has 5 rings (SSSR count). The van der Waals surface area contributed by atoms with E-state index in [9.17, 15) is 14.7 Å². The lowest BCUT2D eigenvalue weighted by Gasteiger charge is -2.17. The van der Waals surface area contributed by atoms with E-state index in [1.807, 2.05) is 42.5 Å². The van der Waals surface area contributed by atoms with Crippen LogP contribution in [0.25, 0.3) is 11.1 Å². The lowest BCUT2D eigenvalue weighted by molar-refractivity contribution is -0.110. The third-order valence-electron chi connectivity index (χ3n) is 5.83. The van der Waals surface area contributed by atoms with Gasteiger partial charge in [0.25, 0.3) is 11.8 Å². The first-order valence-corrected chi connectivity index (χ1v) is 11.4. The summed E-state index contributed by atoms with van der Waals surface area (Å²) in [5.74, 6) is -0.138. The van der Waals surface area contributed by atoms with E-state index < -0.39 is 6.04 Å². The zero-order valence-corrected chi connectivity index (χ0v) is 19.2. The molecule has 1 aliphatic rings. The number of imidazole rings is 1. The van der Waals surface area contributed by atoms with Gasteiger partial charge < -0.3 is 20.7 Å². The molecule has 35 heavy (non-hydrogen) atoms. The molecule has 4 aromatic rings. The van der Waals surface area contributed by atoms with Crippen LogP contribution >= 0.6 is 11.6 Å². The summed E-state index contributed by atoms with van der Waals surface area (Å²) in [6, 6.07) is 20.9. The smallest absolute Gasteiger partial charge is 0.257 e. The average Bonchev–Trinajstić information content (AvgIpc) is 3.52. The second kappa shape index (κ2) is 9.58. The highest BCUT2D eigenvalue weighted by Crippen LogP contribution is 2.39. The minimum Gasteiger partial charge on any atom is -0.394 e. The molecule has 0 aliphatic carbocycles. The molecule has 4 N–H and O–H groups in total. The summed E-state index contributed by atoms with van der Waals surface area (Å²) in [7, 11) is 0. The van der Waals surface area contributed by atoms with Crippen LogP contribution in [0, 0.1) is 0 Å². The molecule has 8 heteroatoms.